The molecule has 0 aromatic heterocycles. The van der Waals surface area contributed by atoms with Crippen molar-refractivity contribution >= 4 is 33.4 Å². The third-order valence-corrected chi connectivity index (χ3v) is 5.24. The summed E-state index contributed by atoms with van der Waals surface area (Å²) in [5.41, 5.74) is 0. The smallest absolute Gasteiger partial charge is 0.212 e. The molecule has 0 spiro atoms. The molecule has 0 radical (unpaired) electrons. The summed E-state index contributed by atoms with van der Waals surface area (Å²) >= 11 is 7.25. The molecule has 0 aliphatic carbocycles. The van der Waals surface area contributed by atoms with Crippen LogP contribution < -0.4 is 0 Å². The average Bonchev–Trinajstić information content (AvgIpc) is 2.31. The Labute approximate surface area is 88.9 Å². The Bertz CT molecular complexity index is 235. The minimum Gasteiger partial charge on any atom is -0.212 e. The van der Waals surface area contributed by atoms with Crippen molar-refractivity contribution in [3.8, 4) is 0 Å². The Hall–Kier alpha value is 0.550. The molecule has 1 aliphatic rings. The van der Waals surface area contributed by atoms with Crippen LogP contribution in [0.25, 0.3) is 0 Å². The Morgan fingerprint density at radius 3 is 2.77 bits per heavy atom. The van der Waals surface area contributed by atoms with Gasteiger partial charge in [0.05, 0.1) is 5.75 Å². The zero-order valence-electron chi connectivity index (χ0n) is 7.41. The quantitative estimate of drug-likeness (QED) is 0.694. The zero-order chi connectivity index (χ0) is 9.73. The first-order valence-corrected chi connectivity index (χ1v) is 7.58. The largest absolute Gasteiger partial charge is 0.215 e. The van der Waals surface area contributed by atoms with Crippen molar-refractivity contribution in [2.24, 2.45) is 0 Å². The van der Waals surface area contributed by atoms with E-state index >= 15 is 0 Å². The van der Waals surface area contributed by atoms with Gasteiger partial charge in [-0.3, -0.25) is 0 Å². The van der Waals surface area contributed by atoms with Gasteiger partial charge in [0.15, 0.2) is 0 Å². The van der Waals surface area contributed by atoms with Crippen LogP contribution in [-0.2, 0) is 10.0 Å². The van der Waals surface area contributed by atoms with Gasteiger partial charge in [-0.15, -0.1) is 11.6 Å². The second-order valence-corrected chi connectivity index (χ2v) is 6.56. The van der Waals surface area contributed by atoms with E-state index in [4.69, 9.17) is 11.6 Å². The summed E-state index contributed by atoms with van der Waals surface area (Å²) in [6.45, 7) is 1.30. The summed E-state index contributed by atoms with van der Waals surface area (Å²) in [5, 5.41) is 0. The molecule has 0 aromatic rings. The zero-order valence-corrected chi connectivity index (χ0v) is 9.80. The fourth-order valence-electron chi connectivity index (χ4n) is 1.23. The molecular weight excluding hydrogens is 230 g/mol. The number of sulfonamides is 1. The van der Waals surface area contributed by atoms with Crippen LogP contribution in [0.4, 0.5) is 0 Å². The van der Waals surface area contributed by atoms with E-state index in [2.05, 4.69) is 0 Å². The van der Waals surface area contributed by atoms with Crippen molar-refractivity contribution in [2.45, 2.75) is 6.42 Å². The summed E-state index contributed by atoms with van der Waals surface area (Å²) in [4.78, 5) is 0. The molecule has 0 saturated carbocycles. The van der Waals surface area contributed by atoms with Crippen LogP contribution in [0.3, 0.4) is 0 Å². The van der Waals surface area contributed by atoms with Crippen molar-refractivity contribution in [3.05, 3.63) is 0 Å². The summed E-state index contributed by atoms with van der Waals surface area (Å²) in [6.07, 6.45) is 0.951. The second kappa shape index (κ2) is 5.44. The number of halogens is 1. The van der Waals surface area contributed by atoms with E-state index in [0.29, 0.717) is 13.1 Å². The molecule has 13 heavy (non-hydrogen) atoms. The fraction of sp³-hybridized carbons (Fsp3) is 1.00. The highest BCUT2D eigenvalue weighted by atomic mass is 35.5. The lowest BCUT2D eigenvalue weighted by Gasteiger charge is -2.18. The highest BCUT2D eigenvalue weighted by molar-refractivity contribution is 7.99. The summed E-state index contributed by atoms with van der Waals surface area (Å²) in [5.74, 6) is 2.22. The Kier molecular flexibility index (Phi) is 4.86. The first kappa shape index (κ1) is 11.6. The molecule has 1 saturated heterocycles. The van der Waals surface area contributed by atoms with E-state index < -0.39 is 10.0 Å². The maximum atomic E-state index is 11.6. The summed E-state index contributed by atoms with van der Waals surface area (Å²) in [7, 11) is -3.07. The molecule has 3 nitrogen and oxygen atoms in total. The molecule has 1 fully saturated rings. The van der Waals surface area contributed by atoms with Crippen LogP contribution in [0.2, 0.25) is 0 Å². The molecular formula is C7H14ClNO2S2. The van der Waals surface area contributed by atoms with Crippen molar-refractivity contribution in [1.29, 1.82) is 0 Å². The standard InChI is InChI=1S/C7H14ClNO2S2/c8-2-7-13(10,11)9-3-1-5-12-6-4-9/h1-7H2. The molecule has 78 valence electrons. The van der Waals surface area contributed by atoms with Crippen LogP contribution in [0.1, 0.15) is 6.42 Å². The SMILES string of the molecule is O=S(=O)(CCCl)N1CCCSCC1. The van der Waals surface area contributed by atoms with Gasteiger partial charge in [-0.1, -0.05) is 0 Å². The molecule has 6 heteroatoms. The normalized spacial score (nSPS) is 21.3. The van der Waals surface area contributed by atoms with Crippen LogP contribution in [0.15, 0.2) is 0 Å². The number of hydrogen-bond acceptors (Lipinski definition) is 3. The van der Waals surface area contributed by atoms with Gasteiger partial charge in [-0.2, -0.15) is 11.8 Å². The van der Waals surface area contributed by atoms with E-state index in [1.807, 2.05) is 11.8 Å². The lowest BCUT2D eigenvalue weighted by molar-refractivity contribution is 0.436. The number of rotatable bonds is 3. The predicted molar refractivity (Wildman–Crippen MR) is 58.0 cm³/mol. The highest BCUT2D eigenvalue weighted by Gasteiger charge is 2.21. The van der Waals surface area contributed by atoms with Gasteiger partial charge in [-0.05, 0) is 12.2 Å². The molecule has 0 amide bonds. The molecule has 0 N–H and O–H groups in total. The highest BCUT2D eigenvalue weighted by Crippen LogP contribution is 2.13. The van der Waals surface area contributed by atoms with Gasteiger partial charge in [-0.25, -0.2) is 12.7 Å². The molecule has 0 atom stereocenters. The average molecular weight is 244 g/mol. The molecule has 0 bridgehead atoms. The monoisotopic (exact) mass is 243 g/mol. The van der Waals surface area contributed by atoms with Crippen LogP contribution >= 0.6 is 23.4 Å². The maximum Gasteiger partial charge on any atom is 0.215 e. The van der Waals surface area contributed by atoms with Gasteiger partial charge in [0.2, 0.25) is 10.0 Å². The van der Waals surface area contributed by atoms with Crippen LogP contribution in [-0.4, -0.2) is 49.0 Å². The van der Waals surface area contributed by atoms with Gasteiger partial charge in [0.1, 0.15) is 0 Å². The van der Waals surface area contributed by atoms with Gasteiger partial charge in [0.25, 0.3) is 0 Å². The maximum absolute atomic E-state index is 11.6. The molecule has 0 unspecified atom stereocenters. The third-order valence-electron chi connectivity index (χ3n) is 1.91. The predicted octanol–water partition coefficient (Wildman–Crippen LogP) is 0.994. The van der Waals surface area contributed by atoms with Crippen LogP contribution in [0.5, 0.6) is 0 Å². The minimum absolute atomic E-state index is 0.0687. The molecule has 1 heterocycles. The summed E-state index contributed by atoms with van der Waals surface area (Å²) < 4.78 is 24.7. The fourth-order valence-corrected chi connectivity index (χ4v) is 4.05. The molecule has 1 rings (SSSR count). The van der Waals surface area contributed by atoms with Crippen molar-refractivity contribution in [3.63, 3.8) is 0 Å². The number of thioether (sulfide) groups is 1. The van der Waals surface area contributed by atoms with E-state index in [-0.39, 0.29) is 11.6 Å². The Morgan fingerprint density at radius 2 is 2.08 bits per heavy atom. The number of alkyl halides is 1. The van der Waals surface area contributed by atoms with Gasteiger partial charge < -0.3 is 0 Å². The first-order chi connectivity index (χ1) is 6.17. The van der Waals surface area contributed by atoms with Crippen molar-refractivity contribution < 1.29 is 8.42 Å². The minimum atomic E-state index is -3.07. The molecule has 0 aromatic carbocycles. The lowest BCUT2D eigenvalue weighted by Crippen LogP contribution is -2.35. The van der Waals surface area contributed by atoms with E-state index in [1.54, 1.807) is 4.31 Å². The van der Waals surface area contributed by atoms with Crippen molar-refractivity contribution in [2.75, 3.05) is 36.2 Å². The van der Waals surface area contributed by atoms with Gasteiger partial charge in [0, 0.05) is 24.7 Å². The van der Waals surface area contributed by atoms with E-state index in [9.17, 15) is 8.42 Å². The van der Waals surface area contributed by atoms with Gasteiger partial charge >= 0.3 is 0 Å². The second-order valence-electron chi connectivity index (χ2n) is 2.87. The Balaban J connectivity index is 2.57. The first-order valence-electron chi connectivity index (χ1n) is 4.28. The third kappa shape index (κ3) is 3.65. The topological polar surface area (TPSA) is 37.4 Å². The van der Waals surface area contributed by atoms with E-state index in [1.165, 1.54) is 0 Å². The lowest BCUT2D eigenvalue weighted by atomic mass is 10.5. The Morgan fingerprint density at radius 1 is 1.31 bits per heavy atom. The van der Waals surface area contributed by atoms with E-state index in [0.717, 1.165) is 17.9 Å². The summed E-state index contributed by atoms with van der Waals surface area (Å²) in [6, 6.07) is 0. The van der Waals surface area contributed by atoms with Crippen molar-refractivity contribution in [1.82, 2.24) is 4.31 Å². The van der Waals surface area contributed by atoms with Crippen LogP contribution in [0, 0.1) is 0 Å². The number of hydrogen-bond donors (Lipinski definition) is 0. The number of nitrogens with zero attached hydrogens (tertiary/aromatic N) is 1. The molecule has 1 aliphatic heterocycles.